The summed E-state index contributed by atoms with van der Waals surface area (Å²) in [6.07, 6.45) is -1.57. The van der Waals surface area contributed by atoms with Crippen LogP contribution in [0.2, 0.25) is 0 Å². The van der Waals surface area contributed by atoms with Gasteiger partial charge in [0.05, 0.1) is 11.5 Å². The second-order valence-corrected chi connectivity index (χ2v) is 9.82. The quantitative estimate of drug-likeness (QED) is 0.334. The number of fused-ring (bicyclic) bond motifs is 1. The number of nitrogens with two attached hydrogens (primary N) is 1. The molecule has 182 valence electrons. The third-order valence-electron chi connectivity index (χ3n) is 4.97. The van der Waals surface area contributed by atoms with E-state index in [0.717, 1.165) is 0 Å². The van der Waals surface area contributed by atoms with Crippen LogP contribution in [-0.4, -0.2) is 83.4 Å². The molecule has 3 heterocycles. The van der Waals surface area contributed by atoms with Gasteiger partial charge in [-0.2, -0.15) is 11.8 Å². The number of carbonyl (C=O) groups is 2. The molecule has 1 unspecified atom stereocenters. The molecule has 6 N–H and O–H groups in total. The number of aliphatic hydroxyl groups is 2. The van der Waals surface area contributed by atoms with Crippen molar-refractivity contribution in [3.05, 3.63) is 18.6 Å². The molecule has 13 heteroatoms. The van der Waals surface area contributed by atoms with Crippen molar-refractivity contribution in [3.8, 4) is 0 Å². The average molecular weight is 484 g/mol. The molecular weight excluding hydrogens is 454 g/mol. The van der Waals surface area contributed by atoms with Gasteiger partial charge in [0.2, 0.25) is 0 Å². The lowest BCUT2D eigenvalue weighted by Crippen LogP contribution is -2.43. The molecule has 1 saturated heterocycles. The third kappa shape index (κ3) is 6.05. The van der Waals surface area contributed by atoms with Crippen molar-refractivity contribution in [2.45, 2.75) is 63.4 Å². The molecule has 12 nitrogen and oxygen atoms in total. The van der Waals surface area contributed by atoms with Crippen LogP contribution in [0.3, 0.4) is 0 Å². The Morgan fingerprint density at radius 2 is 2.06 bits per heavy atom. The number of carboxylic acid groups (broad SMARTS) is 1. The van der Waals surface area contributed by atoms with Gasteiger partial charge in [0, 0.05) is 11.9 Å². The van der Waals surface area contributed by atoms with E-state index >= 15 is 0 Å². The van der Waals surface area contributed by atoms with E-state index in [1.807, 2.05) is 0 Å². The number of aromatic nitrogens is 3. The van der Waals surface area contributed by atoms with Crippen molar-refractivity contribution in [1.29, 1.82) is 0 Å². The van der Waals surface area contributed by atoms with Crippen molar-refractivity contribution in [1.82, 2.24) is 19.9 Å². The zero-order chi connectivity index (χ0) is 24.3. The molecule has 1 amide bonds. The lowest BCUT2D eigenvalue weighted by Gasteiger charge is -2.22. The normalized spacial score (nSPS) is 24.0. The topological polar surface area (TPSA) is 182 Å². The molecule has 1 aliphatic heterocycles. The first-order valence-corrected chi connectivity index (χ1v) is 11.5. The molecule has 2 aromatic heterocycles. The fraction of sp³-hybridized carbons (Fsp3) is 0.600. The molecule has 0 saturated carbocycles. The van der Waals surface area contributed by atoms with Crippen LogP contribution in [0.1, 0.15) is 33.4 Å². The van der Waals surface area contributed by atoms with E-state index in [-0.39, 0.29) is 6.42 Å². The van der Waals surface area contributed by atoms with E-state index < -0.39 is 48.2 Å². The number of amides is 1. The van der Waals surface area contributed by atoms with Crippen molar-refractivity contribution in [2.24, 2.45) is 0 Å². The fourth-order valence-corrected chi connectivity index (χ4v) is 4.48. The van der Waals surface area contributed by atoms with Gasteiger partial charge in [0.25, 0.3) is 0 Å². The number of nitrogens with zero attached hydrogens (tertiary/aromatic N) is 3. The van der Waals surface area contributed by atoms with Gasteiger partial charge in [-0.1, -0.05) is 0 Å². The van der Waals surface area contributed by atoms with Crippen LogP contribution in [0.25, 0.3) is 11.0 Å². The summed E-state index contributed by atoms with van der Waals surface area (Å²) < 4.78 is 12.6. The Labute approximate surface area is 194 Å². The highest BCUT2D eigenvalue weighted by Crippen LogP contribution is 2.34. The van der Waals surface area contributed by atoms with Crippen LogP contribution in [0.15, 0.2) is 18.6 Å². The monoisotopic (exact) mass is 483 g/mol. The number of nitrogens with one attached hydrogen (secondary N) is 1. The van der Waals surface area contributed by atoms with Gasteiger partial charge >= 0.3 is 12.1 Å². The average Bonchev–Trinajstić information content (AvgIpc) is 3.26. The lowest BCUT2D eigenvalue weighted by atomic mass is 10.1. The maximum Gasteiger partial charge on any atom is 0.408 e. The number of hydrogen-bond acceptors (Lipinski definition) is 10. The molecule has 0 aliphatic carbocycles. The van der Waals surface area contributed by atoms with Crippen molar-refractivity contribution in [3.63, 3.8) is 0 Å². The van der Waals surface area contributed by atoms with Gasteiger partial charge in [0.15, 0.2) is 6.23 Å². The summed E-state index contributed by atoms with van der Waals surface area (Å²) in [5.41, 5.74) is 5.59. The Bertz CT molecular complexity index is 995. The van der Waals surface area contributed by atoms with Crippen LogP contribution in [0.5, 0.6) is 0 Å². The van der Waals surface area contributed by atoms with E-state index in [1.54, 1.807) is 37.6 Å². The largest absolute Gasteiger partial charge is 0.480 e. The molecule has 0 spiro atoms. The molecule has 3 rings (SSSR count). The van der Waals surface area contributed by atoms with Gasteiger partial charge in [-0.3, -0.25) is 0 Å². The van der Waals surface area contributed by atoms with Gasteiger partial charge in [-0.25, -0.2) is 19.6 Å². The number of carboxylic acids is 1. The number of anilines is 1. The van der Waals surface area contributed by atoms with Crippen LogP contribution in [0.4, 0.5) is 10.6 Å². The molecule has 1 aliphatic rings. The summed E-state index contributed by atoms with van der Waals surface area (Å²) >= 11 is 1.34. The summed E-state index contributed by atoms with van der Waals surface area (Å²) in [6.45, 7) is 5.06. The number of aliphatic hydroxyl groups excluding tert-OH is 2. The highest BCUT2D eigenvalue weighted by atomic mass is 32.2. The number of aliphatic carboxylic acids is 1. The SMILES string of the molecule is CC(C)(C)OC(=O)NC(CCSC[C@H]1O[C@@H](n2ccc3c(N)ncnc32)[C@H](O)[C@@H]1O)C(=O)O. The number of ether oxygens (including phenoxy) is 2. The zero-order valence-corrected chi connectivity index (χ0v) is 19.4. The summed E-state index contributed by atoms with van der Waals surface area (Å²) in [5, 5.41) is 33.3. The maximum absolute atomic E-state index is 11.9. The summed E-state index contributed by atoms with van der Waals surface area (Å²) in [4.78, 5) is 31.4. The minimum atomic E-state index is -1.19. The Balaban J connectivity index is 1.53. The highest BCUT2D eigenvalue weighted by molar-refractivity contribution is 7.99. The number of hydrogen-bond donors (Lipinski definition) is 5. The minimum absolute atomic E-state index is 0.145. The molecule has 33 heavy (non-hydrogen) atoms. The number of thioether (sulfide) groups is 1. The molecule has 0 bridgehead atoms. The minimum Gasteiger partial charge on any atom is -0.480 e. The Morgan fingerprint density at radius 3 is 2.73 bits per heavy atom. The maximum atomic E-state index is 11.9. The zero-order valence-electron chi connectivity index (χ0n) is 18.5. The Kier molecular flexibility index (Phi) is 7.67. The van der Waals surface area contributed by atoms with Crippen molar-refractivity contribution in [2.75, 3.05) is 17.2 Å². The van der Waals surface area contributed by atoms with Crippen molar-refractivity contribution < 1.29 is 34.4 Å². The lowest BCUT2D eigenvalue weighted by molar-refractivity contribution is -0.139. The Morgan fingerprint density at radius 1 is 1.33 bits per heavy atom. The van der Waals surface area contributed by atoms with Crippen LogP contribution < -0.4 is 11.1 Å². The van der Waals surface area contributed by atoms with E-state index in [9.17, 15) is 24.9 Å². The van der Waals surface area contributed by atoms with E-state index in [0.29, 0.717) is 28.4 Å². The first-order valence-electron chi connectivity index (χ1n) is 10.4. The predicted molar refractivity (Wildman–Crippen MR) is 121 cm³/mol. The standard InChI is InChI=1S/C20H29N5O7S/c1-20(2,3)32-19(30)24-11(18(28)29)5-7-33-8-12-13(26)14(27)17(31-12)25-6-4-10-15(21)22-9-23-16(10)25/h4,6,9,11-14,17,26-27H,5,7-8H2,1-3H3,(H,24,30)(H,28,29)(H2,21,22,23)/t11?,12-,13-,14-,17-/m1/s1. The molecule has 0 radical (unpaired) electrons. The van der Waals surface area contributed by atoms with Crippen LogP contribution >= 0.6 is 11.8 Å². The van der Waals surface area contributed by atoms with Gasteiger partial charge in [0.1, 0.15) is 41.6 Å². The van der Waals surface area contributed by atoms with E-state index in [4.69, 9.17) is 15.2 Å². The second kappa shape index (κ2) is 10.1. The number of carbonyl (C=O) groups excluding carboxylic acids is 1. The molecular formula is C20H29N5O7S. The number of nitrogen functional groups attached to an aromatic ring is 1. The van der Waals surface area contributed by atoms with Gasteiger partial charge in [-0.05, 0) is 39.0 Å². The van der Waals surface area contributed by atoms with Crippen LogP contribution in [-0.2, 0) is 14.3 Å². The molecule has 1 fully saturated rings. The summed E-state index contributed by atoms with van der Waals surface area (Å²) in [7, 11) is 0. The molecule has 0 aromatic carbocycles. The predicted octanol–water partition coefficient (Wildman–Crippen LogP) is 0.734. The van der Waals surface area contributed by atoms with Crippen molar-refractivity contribution >= 4 is 40.7 Å². The number of rotatable bonds is 8. The first kappa shape index (κ1) is 25.0. The van der Waals surface area contributed by atoms with Gasteiger partial charge < -0.3 is 40.4 Å². The fourth-order valence-electron chi connectivity index (χ4n) is 3.40. The summed E-state index contributed by atoms with van der Waals surface area (Å²) in [6, 6.07) is 0.593. The highest BCUT2D eigenvalue weighted by Gasteiger charge is 2.44. The van der Waals surface area contributed by atoms with E-state index in [1.165, 1.54) is 18.1 Å². The number of alkyl carbamates (subject to hydrolysis) is 1. The molecule has 2 aromatic rings. The molecule has 5 atom stereocenters. The Hall–Kier alpha value is -2.61. The van der Waals surface area contributed by atoms with Crippen LogP contribution in [0, 0.1) is 0 Å². The smallest absolute Gasteiger partial charge is 0.408 e. The van der Waals surface area contributed by atoms with E-state index in [2.05, 4.69) is 15.3 Å². The van der Waals surface area contributed by atoms with Gasteiger partial charge in [-0.15, -0.1) is 0 Å². The third-order valence-corrected chi connectivity index (χ3v) is 6.06. The first-order chi connectivity index (χ1) is 15.5. The summed E-state index contributed by atoms with van der Waals surface area (Å²) in [5.74, 6) is -0.193. The second-order valence-electron chi connectivity index (χ2n) is 8.67.